The van der Waals surface area contributed by atoms with E-state index in [9.17, 15) is 10.1 Å². The molecular formula is C19H26N2O4. The van der Waals surface area contributed by atoms with Gasteiger partial charge in [0.2, 0.25) is 0 Å². The van der Waals surface area contributed by atoms with Crippen molar-refractivity contribution in [3.05, 3.63) is 29.3 Å². The number of nitrogens with zero attached hydrogens (tertiary/aromatic N) is 1. The molecule has 0 aromatic heterocycles. The average Bonchev–Trinajstić information content (AvgIpc) is 2.59. The van der Waals surface area contributed by atoms with Crippen LogP contribution in [0.3, 0.4) is 0 Å². The lowest BCUT2D eigenvalue weighted by atomic mass is 10.1. The van der Waals surface area contributed by atoms with Crippen molar-refractivity contribution in [3.8, 4) is 17.6 Å². The average molecular weight is 346 g/mol. The smallest absolute Gasteiger partial charge is 0.261 e. The number of para-hydroxylation sites is 1. The van der Waals surface area contributed by atoms with Gasteiger partial charge in [-0.25, -0.2) is 0 Å². The van der Waals surface area contributed by atoms with E-state index in [1.807, 2.05) is 26.8 Å². The molecule has 0 saturated heterocycles. The topological polar surface area (TPSA) is 80.6 Å². The first-order chi connectivity index (χ1) is 12.0. The van der Waals surface area contributed by atoms with Crippen LogP contribution in [0.25, 0.3) is 6.08 Å². The van der Waals surface area contributed by atoms with Gasteiger partial charge in [-0.3, -0.25) is 4.79 Å². The zero-order valence-electron chi connectivity index (χ0n) is 15.3. The Bertz CT molecular complexity index is 633. The maximum absolute atomic E-state index is 12.2. The first-order valence-corrected chi connectivity index (χ1v) is 8.34. The number of benzene rings is 1. The normalized spacial score (nSPS) is 11.1. The lowest BCUT2D eigenvalue weighted by Crippen LogP contribution is -2.26. The molecule has 1 rings (SSSR count). The van der Waals surface area contributed by atoms with Crippen molar-refractivity contribution in [1.82, 2.24) is 5.32 Å². The number of ether oxygens (including phenoxy) is 3. The van der Waals surface area contributed by atoms with Crippen molar-refractivity contribution >= 4 is 12.0 Å². The monoisotopic (exact) mass is 346 g/mol. The summed E-state index contributed by atoms with van der Waals surface area (Å²) >= 11 is 0. The molecule has 0 fully saturated rings. The molecule has 1 aromatic carbocycles. The maximum Gasteiger partial charge on any atom is 0.261 e. The number of hydrogen-bond acceptors (Lipinski definition) is 5. The van der Waals surface area contributed by atoms with Crippen LogP contribution in [0.2, 0.25) is 0 Å². The van der Waals surface area contributed by atoms with Crippen LogP contribution in [-0.4, -0.2) is 38.9 Å². The number of carbonyl (C=O) groups excluding carboxylic acids is 1. The van der Waals surface area contributed by atoms with E-state index in [1.165, 1.54) is 6.08 Å². The van der Waals surface area contributed by atoms with Crippen molar-refractivity contribution in [3.63, 3.8) is 0 Å². The molecule has 0 aliphatic carbocycles. The highest BCUT2D eigenvalue weighted by molar-refractivity contribution is 6.02. The van der Waals surface area contributed by atoms with Crippen LogP contribution < -0.4 is 14.8 Å². The van der Waals surface area contributed by atoms with Crippen molar-refractivity contribution in [2.75, 3.05) is 26.9 Å². The fourth-order valence-electron chi connectivity index (χ4n) is 2.09. The van der Waals surface area contributed by atoms with Crippen LogP contribution in [0, 0.1) is 11.3 Å². The number of nitrogens with one attached hydrogen (secondary N) is 1. The zero-order valence-corrected chi connectivity index (χ0v) is 15.3. The zero-order chi connectivity index (χ0) is 18.7. The molecule has 1 amide bonds. The number of nitriles is 1. The Balaban J connectivity index is 2.94. The van der Waals surface area contributed by atoms with Crippen molar-refractivity contribution in [2.45, 2.75) is 33.3 Å². The van der Waals surface area contributed by atoms with Gasteiger partial charge in [0, 0.05) is 25.3 Å². The van der Waals surface area contributed by atoms with Gasteiger partial charge in [-0.05, 0) is 39.3 Å². The molecule has 6 heteroatoms. The minimum Gasteiger partial charge on any atom is -0.493 e. The Labute approximate surface area is 149 Å². The Kier molecular flexibility index (Phi) is 9.12. The highest BCUT2D eigenvalue weighted by atomic mass is 16.5. The van der Waals surface area contributed by atoms with Crippen molar-refractivity contribution in [2.24, 2.45) is 0 Å². The second kappa shape index (κ2) is 11.1. The molecule has 0 heterocycles. The van der Waals surface area contributed by atoms with Gasteiger partial charge in [0.25, 0.3) is 5.91 Å². The van der Waals surface area contributed by atoms with Crippen LogP contribution in [-0.2, 0) is 9.53 Å². The summed E-state index contributed by atoms with van der Waals surface area (Å²) in [5, 5.41) is 12.0. The van der Waals surface area contributed by atoms with E-state index in [1.54, 1.807) is 25.3 Å². The summed E-state index contributed by atoms with van der Waals surface area (Å²) in [6, 6.07) is 7.28. The van der Waals surface area contributed by atoms with E-state index in [4.69, 9.17) is 14.2 Å². The number of rotatable bonds is 10. The molecular weight excluding hydrogens is 320 g/mol. The first-order valence-electron chi connectivity index (χ1n) is 8.34. The summed E-state index contributed by atoms with van der Waals surface area (Å²) in [6.45, 7) is 7.38. The van der Waals surface area contributed by atoms with Crippen LogP contribution in [0.1, 0.15) is 32.8 Å². The van der Waals surface area contributed by atoms with Crippen LogP contribution in [0.15, 0.2) is 23.8 Å². The highest BCUT2D eigenvalue weighted by Gasteiger charge is 2.14. The molecule has 25 heavy (non-hydrogen) atoms. The standard InChI is InChI=1S/C19H26N2O4/c1-5-24-11-7-10-21-19(22)16(13-20)12-15-8-6-9-17(23-4)18(15)25-14(2)3/h6,8-9,12,14H,5,7,10-11H2,1-4H3,(H,21,22)/b16-12+. The molecule has 1 aromatic rings. The number of amides is 1. The molecule has 0 atom stereocenters. The van der Waals surface area contributed by atoms with E-state index in [-0.39, 0.29) is 11.7 Å². The fraction of sp³-hybridized carbons (Fsp3) is 0.474. The van der Waals surface area contributed by atoms with Gasteiger partial charge in [0.15, 0.2) is 11.5 Å². The van der Waals surface area contributed by atoms with Gasteiger partial charge in [0.1, 0.15) is 11.6 Å². The molecule has 0 spiro atoms. The molecule has 0 aliphatic rings. The fourth-order valence-corrected chi connectivity index (χ4v) is 2.09. The SMILES string of the molecule is CCOCCCNC(=O)/C(C#N)=C/c1cccc(OC)c1OC(C)C. The Morgan fingerprint density at radius 2 is 2.16 bits per heavy atom. The van der Waals surface area contributed by atoms with Crippen molar-refractivity contribution in [1.29, 1.82) is 5.26 Å². The molecule has 0 bridgehead atoms. The predicted molar refractivity (Wildman–Crippen MR) is 96.5 cm³/mol. The third kappa shape index (κ3) is 6.86. The molecule has 0 radical (unpaired) electrons. The van der Waals surface area contributed by atoms with Gasteiger partial charge in [-0.15, -0.1) is 0 Å². The van der Waals surface area contributed by atoms with E-state index < -0.39 is 5.91 Å². The molecule has 6 nitrogen and oxygen atoms in total. The first kappa shape index (κ1) is 20.5. The Morgan fingerprint density at radius 3 is 2.76 bits per heavy atom. The largest absolute Gasteiger partial charge is 0.493 e. The van der Waals surface area contributed by atoms with Gasteiger partial charge in [-0.2, -0.15) is 5.26 Å². The lowest BCUT2D eigenvalue weighted by molar-refractivity contribution is -0.117. The van der Waals surface area contributed by atoms with Crippen LogP contribution >= 0.6 is 0 Å². The molecule has 0 unspecified atom stereocenters. The summed E-state index contributed by atoms with van der Waals surface area (Å²) in [7, 11) is 1.55. The third-order valence-electron chi connectivity index (χ3n) is 3.20. The van der Waals surface area contributed by atoms with E-state index in [2.05, 4.69) is 5.32 Å². The van der Waals surface area contributed by atoms with Crippen molar-refractivity contribution < 1.29 is 19.0 Å². The van der Waals surface area contributed by atoms with Gasteiger partial charge >= 0.3 is 0 Å². The molecule has 0 aliphatic heterocycles. The minimum absolute atomic E-state index is 0.0123. The summed E-state index contributed by atoms with van der Waals surface area (Å²) in [5.41, 5.74) is 0.632. The van der Waals surface area contributed by atoms with E-state index in [0.29, 0.717) is 43.2 Å². The van der Waals surface area contributed by atoms with Crippen LogP contribution in [0.4, 0.5) is 0 Å². The predicted octanol–water partition coefficient (Wildman–Crippen LogP) is 2.93. The Morgan fingerprint density at radius 1 is 1.40 bits per heavy atom. The third-order valence-corrected chi connectivity index (χ3v) is 3.20. The maximum atomic E-state index is 12.2. The Hall–Kier alpha value is -2.52. The van der Waals surface area contributed by atoms with Gasteiger partial charge < -0.3 is 19.5 Å². The summed E-state index contributed by atoms with van der Waals surface area (Å²) in [6.07, 6.45) is 2.14. The highest BCUT2D eigenvalue weighted by Crippen LogP contribution is 2.33. The quantitative estimate of drug-likeness (QED) is 0.400. The molecule has 136 valence electrons. The second-order valence-corrected chi connectivity index (χ2v) is 5.52. The van der Waals surface area contributed by atoms with Crippen LogP contribution in [0.5, 0.6) is 11.5 Å². The second-order valence-electron chi connectivity index (χ2n) is 5.52. The minimum atomic E-state index is -0.419. The number of methoxy groups -OCH3 is 1. The summed E-state index contributed by atoms with van der Waals surface area (Å²) in [5.74, 6) is 0.645. The number of carbonyl (C=O) groups is 1. The summed E-state index contributed by atoms with van der Waals surface area (Å²) < 4.78 is 16.3. The van der Waals surface area contributed by atoms with E-state index in [0.717, 1.165) is 0 Å². The molecule has 0 saturated carbocycles. The lowest BCUT2D eigenvalue weighted by Gasteiger charge is -2.16. The molecule has 1 N–H and O–H groups in total. The van der Waals surface area contributed by atoms with Gasteiger partial charge in [0.05, 0.1) is 13.2 Å². The number of hydrogen-bond donors (Lipinski definition) is 1. The summed E-state index contributed by atoms with van der Waals surface area (Å²) in [4.78, 5) is 12.2. The van der Waals surface area contributed by atoms with Gasteiger partial charge in [-0.1, -0.05) is 12.1 Å². The van der Waals surface area contributed by atoms with E-state index >= 15 is 0 Å².